The highest BCUT2D eigenvalue weighted by atomic mass is 19.2. The van der Waals surface area contributed by atoms with Crippen molar-refractivity contribution in [1.29, 1.82) is 0 Å². The Bertz CT molecular complexity index is 1990. The van der Waals surface area contributed by atoms with E-state index in [1.54, 1.807) is 4.73 Å². The number of pyridine rings is 1. The summed E-state index contributed by atoms with van der Waals surface area (Å²) in [6.45, 7) is 4.69. The van der Waals surface area contributed by atoms with Crippen molar-refractivity contribution in [1.82, 2.24) is 0 Å². The van der Waals surface area contributed by atoms with E-state index in [-0.39, 0.29) is 0 Å². The van der Waals surface area contributed by atoms with Crippen molar-refractivity contribution in [2.45, 2.75) is 13.8 Å². The highest BCUT2D eigenvalue weighted by molar-refractivity contribution is 7.20. The molecule has 0 atom stereocenters. The van der Waals surface area contributed by atoms with E-state index in [9.17, 15) is 52.7 Å². The van der Waals surface area contributed by atoms with Gasteiger partial charge >= 0.3 is 0 Å². The Morgan fingerprint density at radius 2 is 0.600 bits per heavy atom. The number of hydrogen-bond acceptors (Lipinski definition) is 1. The summed E-state index contributed by atoms with van der Waals surface area (Å²) in [5, 5.41) is 0. The van der Waals surface area contributed by atoms with Gasteiger partial charge in [0.1, 0.15) is 52.7 Å². The van der Waals surface area contributed by atoms with E-state index in [0.717, 1.165) is 5.69 Å². The maximum atomic E-state index is 15.4. The van der Waals surface area contributed by atoms with Gasteiger partial charge in [-0.1, -0.05) is 0 Å². The van der Waals surface area contributed by atoms with Crippen molar-refractivity contribution in [2.24, 2.45) is 0 Å². The lowest BCUT2D eigenvalue weighted by molar-refractivity contribution is -0.894. The fourth-order valence-corrected chi connectivity index (χ4v) is 5.67. The third-order valence-electron chi connectivity index (χ3n) is 7.99. The third-order valence-corrected chi connectivity index (χ3v) is 7.99. The zero-order valence-electron chi connectivity index (χ0n) is 26.5. The molecule has 5 aromatic rings. The van der Waals surface area contributed by atoms with Crippen molar-refractivity contribution >= 4 is 28.0 Å². The first-order valence-electron chi connectivity index (χ1n) is 14.4. The molecule has 0 N–H and O–H groups in total. The number of halogens is 20. The molecule has 0 saturated carbocycles. The maximum Gasteiger partial charge on any atom is 0.231 e. The molecule has 0 fully saturated rings. The quantitative estimate of drug-likeness (QED) is 0.0622. The molecule has 4 aromatic carbocycles. The van der Waals surface area contributed by atoms with E-state index in [1.165, 1.54) is 0 Å². The second-order valence-electron chi connectivity index (χ2n) is 10.9. The van der Waals surface area contributed by atoms with Crippen molar-refractivity contribution in [3.63, 3.8) is 0 Å². The van der Waals surface area contributed by atoms with E-state index in [2.05, 4.69) is 0 Å². The van der Waals surface area contributed by atoms with Crippen LogP contribution < -0.4 is 31.4 Å². The average molecular weight is 817 g/mol. The fourth-order valence-electron chi connectivity index (χ4n) is 5.67. The maximum absolute atomic E-state index is 15.4. The van der Waals surface area contributed by atoms with E-state index < -0.39 is 144 Å². The molecule has 0 saturated heterocycles. The summed E-state index contributed by atoms with van der Waals surface area (Å²) in [7, 11) is 0. The molecular formula is C32H12BF20NO. The predicted octanol–water partition coefficient (Wildman–Crippen LogP) is 6.58. The Kier molecular flexibility index (Phi) is 11.8. The zero-order chi connectivity index (χ0) is 41.8. The number of rotatable bonds is 6. The summed E-state index contributed by atoms with van der Waals surface area (Å²) >= 11 is 0. The number of aryl methyl sites for hydroxylation is 1. The molecule has 1 aromatic heterocycles. The van der Waals surface area contributed by atoms with Crippen LogP contribution in [0.15, 0.2) is 24.4 Å². The summed E-state index contributed by atoms with van der Waals surface area (Å²) in [5.74, 6) is -71.4. The Hall–Kier alpha value is -5.51. The highest BCUT2D eigenvalue weighted by Gasteiger charge is 2.52. The normalized spacial score (nSPS) is 11.5. The van der Waals surface area contributed by atoms with Crippen molar-refractivity contribution in [2.75, 3.05) is 6.61 Å². The Labute approximate surface area is 292 Å². The Morgan fingerprint density at radius 1 is 0.382 bits per heavy atom. The van der Waals surface area contributed by atoms with Crippen LogP contribution in [0.3, 0.4) is 0 Å². The molecule has 0 unspecified atom stereocenters. The van der Waals surface area contributed by atoms with Crippen molar-refractivity contribution in [3.8, 4) is 0 Å². The molecule has 23 heteroatoms. The van der Waals surface area contributed by atoms with Gasteiger partial charge in [0.15, 0.2) is 76.4 Å². The van der Waals surface area contributed by atoms with Gasteiger partial charge in [-0.15, -0.1) is 21.9 Å². The molecule has 294 valence electrons. The Morgan fingerprint density at radius 3 is 0.800 bits per heavy atom. The van der Waals surface area contributed by atoms with Crippen LogP contribution in [0.4, 0.5) is 87.8 Å². The van der Waals surface area contributed by atoms with Crippen LogP contribution in [-0.2, 0) is 0 Å². The molecule has 2 nitrogen and oxygen atoms in total. The average Bonchev–Trinajstić information content (AvgIpc) is 3.16. The molecule has 1 heterocycles. The zero-order valence-corrected chi connectivity index (χ0v) is 26.5. The van der Waals surface area contributed by atoms with Gasteiger partial charge in [-0.25, -0.2) is 87.8 Å². The SMILES string of the molecule is CCO[n+]1ccccc1C.Fc1c(F)c(F)c([B-](c2c(F)c(F)c(F)c(F)c2F)(c2c(F)c(F)c(F)c(F)c2F)c2c(F)c(F)c(F)c(F)c2F)c(F)c1F. The van der Waals surface area contributed by atoms with E-state index in [4.69, 9.17) is 4.84 Å². The van der Waals surface area contributed by atoms with Gasteiger partial charge in [0, 0.05) is 23.8 Å². The molecule has 0 amide bonds. The summed E-state index contributed by atoms with van der Waals surface area (Å²) < 4.78 is 296. The van der Waals surface area contributed by atoms with Crippen LogP contribution in [0.5, 0.6) is 0 Å². The van der Waals surface area contributed by atoms with Gasteiger partial charge in [0.25, 0.3) is 0 Å². The van der Waals surface area contributed by atoms with Crippen LogP contribution >= 0.6 is 0 Å². The predicted molar refractivity (Wildman–Crippen MR) is 148 cm³/mol. The fraction of sp³-hybridized carbons (Fsp3) is 0.0938. The minimum absolute atomic E-state index is 0.704. The van der Waals surface area contributed by atoms with Gasteiger partial charge in [-0.2, -0.15) is 0 Å². The molecule has 0 spiro atoms. The molecule has 0 bridgehead atoms. The van der Waals surface area contributed by atoms with Gasteiger partial charge < -0.3 is 0 Å². The lowest BCUT2D eigenvalue weighted by Crippen LogP contribution is -2.81. The summed E-state index contributed by atoms with van der Waals surface area (Å²) in [6.07, 6.45) is -5.32. The highest BCUT2D eigenvalue weighted by Crippen LogP contribution is 2.30. The van der Waals surface area contributed by atoms with E-state index in [0.29, 0.717) is 6.61 Å². The summed E-state index contributed by atoms with van der Waals surface area (Å²) in [4.78, 5) is 5.25. The lowest BCUT2D eigenvalue weighted by Gasteiger charge is -2.44. The molecule has 0 aliphatic carbocycles. The second-order valence-corrected chi connectivity index (χ2v) is 10.9. The van der Waals surface area contributed by atoms with Gasteiger partial charge in [0.05, 0.1) is 0 Å². The monoisotopic (exact) mass is 817 g/mol. The van der Waals surface area contributed by atoms with Crippen LogP contribution in [0.2, 0.25) is 0 Å². The number of aromatic nitrogens is 1. The van der Waals surface area contributed by atoms with Crippen LogP contribution in [0.1, 0.15) is 12.6 Å². The molecule has 0 radical (unpaired) electrons. The second kappa shape index (κ2) is 15.3. The first-order chi connectivity index (χ1) is 25.5. The summed E-state index contributed by atoms with van der Waals surface area (Å²) in [5.41, 5.74) is -13.2. The first kappa shape index (κ1) is 42.2. The topological polar surface area (TPSA) is 13.1 Å². The molecule has 0 aliphatic rings. The standard InChI is InChI=1S/C24BF20.C8H12NO/c26-5-1(6(27)14(35)21(42)13(5)34)25(2-7(28)15(36)22(43)16(37)8(2)29,3-9(30)17(38)23(44)18(39)10(3)31)4-11(32)19(40)24(45)20(41)12(4)33;1-3-10-9-7-5-4-6-8(9)2/h;4-7H,3H2,1-2H3/q-1;+1. The largest absolute Gasteiger partial charge is 0.271 e. The van der Waals surface area contributed by atoms with E-state index >= 15 is 35.1 Å². The lowest BCUT2D eigenvalue weighted by atomic mass is 9.12. The van der Waals surface area contributed by atoms with Gasteiger partial charge in [-0.3, -0.25) is 4.84 Å². The number of hydrogen-bond donors (Lipinski definition) is 0. The van der Waals surface area contributed by atoms with Crippen LogP contribution in [0.25, 0.3) is 0 Å². The Balaban J connectivity index is 0.000000583. The molecular weight excluding hydrogens is 805 g/mol. The van der Waals surface area contributed by atoms with Crippen molar-refractivity contribution < 1.29 is 97.4 Å². The smallest absolute Gasteiger partial charge is 0.231 e. The number of nitrogens with zero attached hydrogens (tertiary/aromatic N) is 1. The number of benzene rings is 4. The molecule has 0 aliphatic heterocycles. The molecule has 5 rings (SSSR count). The third kappa shape index (κ3) is 6.35. The van der Waals surface area contributed by atoms with E-state index in [1.807, 2.05) is 38.2 Å². The summed E-state index contributed by atoms with van der Waals surface area (Å²) in [6, 6.07) is 5.95. The van der Waals surface area contributed by atoms with Gasteiger partial charge in [0.2, 0.25) is 11.9 Å². The van der Waals surface area contributed by atoms with Crippen LogP contribution in [0, 0.1) is 123 Å². The van der Waals surface area contributed by atoms with Crippen LogP contribution in [-0.4, -0.2) is 12.8 Å². The minimum atomic E-state index is -7.22. The minimum Gasteiger partial charge on any atom is -0.271 e. The first-order valence-corrected chi connectivity index (χ1v) is 14.4. The van der Waals surface area contributed by atoms with Gasteiger partial charge in [-0.05, 0) is 13.0 Å². The molecule has 55 heavy (non-hydrogen) atoms. The van der Waals surface area contributed by atoms with Crippen molar-refractivity contribution in [3.05, 3.63) is 146 Å².